The number of fused-ring (bicyclic) bond motifs is 7. The lowest BCUT2D eigenvalue weighted by molar-refractivity contribution is -0.204. The van der Waals surface area contributed by atoms with E-state index in [4.69, 9.17) is 4.84 Å². The standard InChI is InChI=1S/C33H53NO4/c1-10-38-34(9)27(37)30(5)16-15-29(4)17-18-32(7)21(22(29)20-30)19-23(35)26-31(6)13-12-25(36)28(2,3)24(31)11-14-33(26,32)8/h19,22,24-26,36H,10-18,20H2,1-9H3/t22-,24?,25-,26+,29+,30-,31-,32+,33+/m0/s1. The van der Waals surface area contributed by atoms with Crippen LogP contribution in [0, 0.1) is 50.2 Å². The van der Waals surface area contributed by atoms with Crippen molar-refractivity contribution in [1.29, 1.82) is 0 Å². The van der Waals surface area contributed by atoms with Crippen molar-refractivity contribution in [2.75, 3.05) is 13.7 Å². The lowest BCUT2D eigenvalue weighted by Gasteiger charge is -2.70. The minimum absolute atomic E-state index is 0.0145. The van der Waals surface area contributed by atoms with Gasteiger partial charge in [-0.25, -0.2) is 5.06 Å². The number of hydrogen-bond donors (Lipinski definition) is 1. The zero-order chi connectivity index (χ0) is 28.1. The minimum atomic E-state index is -0.485. The van der Waals surface area contributed by atoms with Crippen LogP contribution >= 0.6 is 0 Å². The SMILES string of the molecule is CCON(C)C(=O)[C@@]1(C)CC[C@]2(C)CC[C@]3(C)C(=CC(=O)[C@@H]4[C@@]5(C)CC[C@H](O)C(C)(C)C5CC[C@]43C)[C@@H]2C1. The topological polar surface area (TPSA) is 66.8 Å². The first-order chi connectivity index (χ1) is 17.5. The van der Waals surface area contributed by atoms with E-state index in [2.05, 4.69) is 54.5 Å². The summed E-state index contributed by atoms with van der Waals surface area (Å²) in [5.41, 5.74) is 0.525. The lowest BCUT2D eigenvalue weighted by atomic mass is 9.33. The molecule has 0 saturated heterocycles. The molecule has 0 aliphatic heterocycles. The first-order valence-electron chi connectivity index (χ1n) is 15.4. The first kappa shape index (κ1) is 28.3. The summed E-state index contributed by atoms with van der Waals surface area (Å²) in [6.45, 7) is 18.6. The number of ketones is 1. The molecule has 0 aromatic heterocycles. The van der Waals surface area contributed by atoms with Crippen LogP contribution in [0.25, 0.3) is 0 Å². The molecule has 5 aliphatic carbocycles. The quantitative estimate of drug-likeness (QED) is 0.413. The van der Waals surface area contributed by atoms with Crippen LogP contribution < -0.4 is 0 Å². The fraction of sp³-hybridized carbons (Fsp3) is 0.879. The predicted molar refractivity (Wildman–Crippen MR) is 150 cm³/mol. The van der Waals surface area contributed by atoms with Gasteiger partial charge in [-0.05, 0) is 110 Å². The summed E-state index contributed by atoms with van der Waals surface area (Å²) in [7, 11) is 1.74. The normalized spacial score (nSPS) is 49.6. The van der Waals surface area contributed by atoms with Gasteiger partial charge in [0.25, 0.3) is 5.91 Å². The Kier molecular flexibility index (Phi) is 6.45. The van der Waals surface area contributed by atoms with Crippen LogP contribution in [-0.2, 0) is 14.4 Å². The highest BCUT2D eigenvalue weighted by Gasteiger charge is 2.70. The number of aliphatic hydroxyl groups excluding tert-OH is 1. The number of hydroxylamine groups is 2. The van der Waals surface area contributed by atoms with E-state index >= 15 is 0 Å². The third-order valence-corrected chi connectivity index (χ3v) is 13.7. The minimum Gasteiger partial charge on any atom is -0.393 e. The molecular weight excluding hydrogens is 474 g/mol. The van der Waals surface area contributed by atoms with Gasteiger partial charge in [-0.2, -0.15) is 0 Å². The number of allylic oxidation sites excluding steroid dienone is 2. The van der Waals surface area contributed by atoms with E-state index in [0.29, 0.717) is 18.3 Å². The zero-order valence-electron chi connectivity index (χ0n) is 25.6. The summed E-state index contributed by atoms with van der Waals surface area (Å²) < 4.78 is 0. The smallest absolute Gasteiger partial charge is 0.251 e. The van der Waals surface area contributed by atoms with E-state index in [0.717, 1.165) is 57.8 Å². The van der Waals surface area contributed by atoms with Gasteiger partial charge in [0.1, 0.15) is 0 Å². The van der Waals surface area contributed by atoms with E-state index in [-0.39, 0.29) is 50.9 Å². The second kappa shape index (κ2) is 8.65. The maximum atomic E-state index is 14.4. The van der Waals surface area contributed by atoms with Crippen molar-refractivity contribution in [3.05, 3.63) is 11.6 Å². The highest BCUT2D eigenvalue weighted by Crippen LogP contribution is 2.75. The number of carbonyl (C=O) groups is 2. The summed E-state index contributed by atoms with van der Waals surface area (Å²) in [6.07, 6.45) is 10.5. The van der Waals surface area contributed by atoms with Crippen molar-refractivity contribution in [3.8, 4) is 0 Å². The number of aliphatic hydroxyl groups is 1. The maximum absolute atomic E-state index is 14.4. The first-order valence-corrected chi connectivity index (χ1v) is 15.4. The molecule has 0 radical (unpaired) electrons. The summed E-state index contributed by atoms with van der Waals surface area (Å²) in [5.74, 6) is 0.943. The lowest BCUT2D eigenvalue weighted by Crippen LogP contribution is -2.66. The highest BCUT2D eigenvalue weighted by atomic mass is 16.7. The largest absolute Gasteiger partial charge is 0.393 e. The zero-order valence-corrected chi connectivity index (χ0v) is 25.6. The van der Waals surface area contributed by atoms with Crippen LogP contribution in [0.15, 0.2) is 11.6 Å². The van der Waals surface area contributed by atoms with Gasteiger partial charge in [-0.3, -0.25) is 14.4 Å². The van der Waals surface area contributed by atoms with Gasteiger partial charge in [-0.1, -0.05) is 54.0 Å². The molecule has 1 amide bonds. The number of amides is 1. The Morgan fingerprint density at radius 1 is 1.00 bits per heavy atom. The van der Waals surface area contributed by atoms with E-state index in [9.17, 15) is 14.7 Å². The highest BCUT2D eigenvalue weighted by molar-refractivity contribution is 5.95. The fourth-order valence-electron chi connectivity index (χ4n) is 11.0. The molecule has 9 atom stereocenters. The van der Waals surface area contributed by atoms with Gasteiger partial charge >= 0.3 is 0 Å². The third-order valence-electron chi connectivity index (χ3n) is 13.7. The molecule has 1 N–H and O–H groups in total. The number of rotatable bonds is 3. The van der Waals surface area contributed by atoms with E-state index in [1.807, 2.05) is 6.92 Å². The molecule has 4 saturated carbocycles. The average Bonchev–Trinajstić information content (AvgIpc) is 2.84. The number of carbonyl (C=O) groups excluding carboxylic acids is 2. The third kappa shape index (κ3) is 3.55. The van der Waals surface area contributed by atoms with Crippen molar-refractivity contribution in [3.63, 3.8) is 0 Å². The summed E-state index contributed by atoms with van der Waals surface area (Å²) in [4.78, 5) is 33.6. The fourth-order valence-corrected chi connectivity index (χ4v) is 11.0. The summed E-state index contributed by atoms with van der Waals surface area (Å²) in [5, 5.41) is 12.4. The Hall–Kier alpha value is -1.20. The van der Waals surface area contributed by atoms with Gasteiger partial charge in [0.2, 0.25) is 0 Å². The summed E-state index contributed by atoms with van der Waals surface area (Å²) in [6, 6.07) is 0. The van der Waals surface area contributed by atoms with E-state index in [1.165, 1.54) is 10.6 Å². The van der Waals surface area contributed by atoms with Crippen molar-refractivity contribution >= 4 is 11.7 Å². The molecule has 1 unspecified atom stereocenters. The van der Waals surface area contributed by atoms with Crippen LogP contribution in [-0.4, -0.2) is 41.6 Å². The number of nitrogens with zero attached hydrogens (tertiary/aromatic N) is 1. The van der Waals surface area contributed by atoms with Gasteiger partial charge in [0.05, 0.1) is 12.7 Å². The molecule has 5 nitrogen and oxygen atoms in total. The van der Waals surface area contributed by atoms with E-state index in [1.54, 1.807) is 7.05 Å². The van der Waals surface area contributed by atoms with Gasteiger partial charge in [0, 0.05) is 18.4 Å². The Morgan fingerprint density at radius 3 is 2.32 bits per heavy atom. The van der Waals surface area contributed by atoms with Gasteiger partial charge < -0.3 is 5.11 Å². The average molecular weight is 528 g/mol. The molecule has 214 valence electrons. The molecular formula is C33H53NO4. The van der Waals surface area contributed by atoms with Crippen molar-refractivity contribution in [1.82, 2.24) is 5.06 Å². The second-order valence-corrected chi connectivity index (χ2v) is 15.8. The van der Waals surface area contributed by atoms with E-state index < -0.39 is 5.41 Å². The van der Waals surface area contributed by atoms with Crippen molar-refractivity contribution < 1.29 is 19.5 Å². The molecule has 0 bridgehead atoms. The molecule has 5 heteroatoms. The van der Waals surface area contributed by atoms with Gasteiger partial charge in [-0.15, -0.1) is 0 Å². The molecule has 4 fully saturated rings. The molecule has 5 aliphatic rings. The Bertz CT molecular complexity index is 1050. The Morgan fingerprint density at radius 2 is 1.66 bits per heavy atom. The Labute approximate surface area is 231 Å². The monoisotopic (exact) mass is 527 g/mol. The molecule has 0 aromatic carbocycles. The van der Waals surface area contributed by atoms with Crippen molar-refractivity contribution in [2.45, 2.75) is 119 Å². The van der Waals surface area contributed by atoms with Gasteiger partial charge in [0.15, 0.2) is 5.78 Å². The molecule has 5 rings (SSSR count). The molecule has 38 heavy (non-hydrogen) atoms. The van der Waals surface area contributed by atoms with Crippen LogP contribution in [0.3, 0.4) is 0 Å². The van der Waals surface area contributed by atoms with Crippen molar-refractivity contribution in [2.24, 2.45) is 50.2 Å². The Balaban J connectivity index is 1.56. The summed E-state index contributed by atoms with van der Waals surface area (Å²) >= 11 is 0. The number of hydrogen-bond acceptors (Lipinski definition) is 4. The molecule has 0 spiro atoms. The van der Waals surface area contributed by atoms with Crippen LogP contribution in [0.1, 0.15) is 113 Å². The van der Waals surface area contributed by atoms with Crippen LogP contribution in [0.2, 0.25) is 0 Å². The molecule has 0 heterocycles. The predicted octanol–water partition coefficient (Wildman–Crippen LogP) is 6.74. The maximum Gasteiger partial charge on any atom is 0.251 e. The molecule has 0 aromatic rings. The second-order valence-electron chi connectivity index (χ2n) is 15.8. The van der Waals surface area contributed by atoms with Crippen LogP contribution in [0.4, 0.5) is 0 Å². The van der Waals surface area contributed by atoms with Crippen LogP contribution in [0.5, 0.6) is 0 Å².